The summed E-state index contributed by atoms with van der Waals surface area (Å²) in [6.07, 6.45) is 3.96. The van der Waals surface area contributed by atoms with Crippen molar-refractivity contribution in [1.29, 1.82) is 0 Å². The van der Waals surface area contributed by atoms with E-state index in [1.165, 1.54) is 0 Å². The topological polar surface area (TPSA) is 42.9 Å². The van der Waals surface area contributed by atoms with Crippen LogP contribution in [-0.4, -0.2) is 16.3 Å². The van der Waals surface area contributed by atoms with Crippen LogP contribution in [0.4, 0.5) is 0 Å². The fraction of sp³-hybridized carbons (Fsp3) is 0. The van der Waals surface area contributed by atoms with Crippen LogP contribution in [0.15, 0.2) is 36.7 Å². The minimum absolute atomic E-state index is 0.484. The molecule has 2 rings (SSSR count). The Labute approximate surface area is 91.8 Å². The zero-order chi connectivity index (χ0) is 10.7. The fourth-order valence-corrected chi connectivity index (χ4v) is 1.48. The van der Waals surface area contributed by atoms with E-state index in [1.807, 2.05) is 0 Å². The molecule has 0 saturated carbocycles. The monoisotopic (exact) mass is 218 g/mol. The van der Waals surface area contributed by atoms with Gasteiger partial charge in [-0.05, 0) is 24.3 Å². The largest absolute Gasteiger partial charge is 0.298 e. The summed E-state index contributed by atoms with van der Waals surface area (Å²) in [4.78, 5) is 19.0. The van der Waals surface area contributed by atoms with Gasteiger partial charge in [0.1, 0.15) is 11.4 Å². The van der Waals surface area contributed by atoms with Crippen molar-refractivity contribution in [1.82, 2.24) is 9.97 Å². The molecule has 0 aromatic carbocycles. The Hall–Kier alpha value is -1.74. The maximum Gasteiger partial charge on any atom is 0.152 e. The van der Waals surface area contributed by atoms with Gasteiger partial charge >= 0.3 is 0 Å². The molecule has 0 unspecified atom stereocenters. The molecule has 0 bridgehead atoms. The first-order chi connectivity index (χ1) is 7.33. The molecule has 0 amide bonds. The molecule has 3 nitrogen and oxygen atoms in total. The second kappa shape index (κ2) is 4.19. The maximum absolute atomic E-state index is 10.8. The van der Waals surface area contributed by atoms with Crippen molar-refractivity contribution >= 4 is 17.9 Å². The van der Waals surface area contributed by atoms with Crippen LogP contribution < -0.4 is 0 Å². The van der Waals surface area contributed by atoms with E-state index in [9.17, 15) is 4.79 Å². The third kappa shape index (κ3) is 1.87. The predicted molar refractivity (Wildman–Crippen MR) is 57.9 cm³/mol. The Balaban J connectivity index is 2.64. The van der Waals surface area contributed by atoms with Gasteiger partial charge in [-0.1, -0.05) is 11.6 Å². The first-order valence-corrected chi connectivity index (χ1v) is 4.72. The molecular formula is C11H7ClN2O. The second-order valence-electron chi connectivity index (χ2n) is 2.89. The normalized spacial score (nSPS) is 9.93. The molecule has 2 aromatic rings. The van der Waals surface area contributed by atoms with Gasteiger partial charge in [-0.15, -0.1) is 0 Å². The molecule has 15 heavy (non-hydrogen) atoms. The molecule has 4 heteroatoms. The van der Waals surface area contributed by atoms with Crippen LogP contribution in [-0.2, 0) is 0 Å². The number of carbonyl (C=O) groups is 1. The van der Waals surface area contributed by atoms with E-state index in [0.717, 1.165) is 6.29 Å². The second-order valence-corrected chi connectivity index (χ2v) is 3.30. The van der Waals surface area contributed by atoms with Gasteiger partial charge < -0.3 is 0 Å². The number of hydrogen-bond donors (Lipinski definition) is 0. The summed E-state index contributed by atoms with van der Waals surface area (Å²) in [5, 5.41) is 0.485. The summed E-state index contributed by atoms with van der Waals surface area (Å²) in [5.74, 6) is 0. The number of halogens is 1. The molecule has 0 N–H and O–H groups in total. The Morgan fingerprint density at radius 2 is 1.73 bits per heavy atom. The van der Waals surface area contributed by atoms with Gasteiger partial charge in [0.05, 0.1) is 5.02 Å². The van der Waals surface area contributed by atoms with E-state index in [2.05, 4.69) is 9.97 Å². The minimum atomic E-state index is 0.484. The number of hydrogen-bond acceptors (Lipinski definition) is 3. The third-order valence-corrected chi connectivity index (χ3v) is 2.25. The molecule has 0 fully saturated rings. The van der Waals surface area contributed by atoms with Gasteiger partial charge in [-0.3, -0.25) is 14.8 Å². The number of carbonyl (C=O) groups excluding carboxylic acids is 1. The molecule has 0 saturated heterocycles. The van der Waals surface area contributed by atoms with Crippen molar-refractivity contribution in [3.8, 4) is 11.4 Å². The lowest BCUT2D eigenvalue weighted by Crippen LogP contribution is -1.93. The lowest BCUT2D eigenvalue weighted by molar-refractivity contribution is 0.112. The zero-order valence-electron chi connectivity index (χ0n) is 7.72. The number of aldehydes is 1. The van der Waals surface area contributed by atoms with E-state index in [-0.39, 0.29) is 0 Å². The Morgan fingerprint density at radius 1 is 1.07 bits per heavy atom. The highest BCUT2D eigenvalue weighted by Gasteiger charge is 2.09. The van der Waals surface area contributed by atoms with Gasteiger partial charge in [0.15, 0.2) is 6.29 Å². The van der Waals surface area contributed by atoms with E-state index in [0.29, 0.717) is 22.0 Å². The standard InChI is InChI=1S/C11H7ClN2O/c12-9-4-2-6-14-11(9)10-8(7-15)3-1-5-13-10/h1-7H. The molecule has 0 aliphatic rings. The molecule has 0 aliphatic heterocycles. The van der Waals surface area contributed by atoms with Crippen molar-refractivity contribution in [3.05, 3.63) is 47.2 Å². The molecule has 0 radical (unpaired) electrons. The predicted octanol–water partition coefficient (Wildman–Crippen LogP) is 2.61. The van der Waals surface area contributed by atoms with E-state index in [4.69, 9.17) is 11.6 Å². The van der Waals surface area contributed by atoms with E-state index >= 15 is 0 Å². The van der Waals surface area contributed by atoms with Crippen molar-refractivity contribution in [2.45, 2.75) is 0 Å². The summed E-state index contributed by atoms with van der Waals surface area (Å²) in [7, 11) is 0. The first kappa shape index (κ1) is 9.80. The Bertz CT molecular complexity index is 499. The highest BCUT2D eigenvalue weighted by atomic mass is 35.5. The molecule has 2 aromatic heterocycles. The maximum atomic E-state index is 10.8. The van der Waals surface area contributed by atoms with Gasteiger partial charge in [0.2, 0.25) is 0 Å². The quantitative estimate of drug-likeness (QED) is 0.728. The third-order valence-electron chi connectivity index (χ3n) is 1.95. The number of rotatable bonds is 2. The number of aromatic nitrogens is 2. The van der Waals surface area contributed by atoms with Crippen molar-refractivity contribution < 1.29 is 4.79 Å². The number of pyridine rings is 2. The summed E-state index contributed by atoms with van der Waals surface area (Å²) in [6.45, 7) is 0. The highest BCUT2D eigenvalue weighted by Crippen LogP contribution is 2.25. The lowest BCUT2D eigenvalue weighted by atomic mass is 10.1. The van der Waals surface area contributed by atoms with Gasteiger partial charge in [-0.2, -0.15) is 0 Å². The molecule has 74 valence electrons. The Kier molecular flexibility index (Phi) is 2.74. The van der Waals surface area contributed by atoms with Crippen LogP contribution in [0.5, 0.6) is 0 Å². The lowest BCUT2D eigenvalue weighted by Gasteiger charge is -2.03. The van der Waals surface area contributed by atoms with Crippen LogP contribution in [0.3, 0.4) is 0 Å². The zero-order valence-corrected chi connectivity index (χ0v) is 8.48. The molecule has 0 aliphatic carbocycles. The van der Waals surface area contributed by atoms with Crippen LogP contribution >= 0.6 is 11.6 Å². The SMILES string of the molecule is O=Cc1cccnc1-c1ncccc1Cl. The van der Waals surface area contributed by atoms with Crippen LogP contribution in [0.2, 0.25) is 5.02 Å². The fourth-order valence-electron chi connectivity index (χ4n) is 1.27. The van der Waals surface area contributed by atoms with E-state index in [1.54, 1.807) is 36.7 Å². The molecule has 2 heterocycles. The summed E-state index contributed by atoms with van der Waals surface area (Å²) in [5.41, 5.74) is 1.53. The van der Waals surface area contributed by atoms with Gasteiger partial charge in [0, 0.05) is 18.0 Å². The van der Waals surface area contributed by atoms with Gasteiger partial charge in [-0.25, -0.2) is 0 Å². The van der Waals surface area contributed by atoms with Crippen LogP contribution in [0, 0.1) is 0 Å². The molecular weight excluding hydrogens is 212 g/mol. The summed E-state index contributed by atoms with van der Waals surface area (Å²) < 4.78 is 0. The van der Waals surface area contributed by atoms with Crippen molar-refractivity contribution in [2.75, 3.05) is 0 Å². The summed E-state index contributed by atoms with van der Waals surface area (Å²) >= 11 is 5.97. The highest BCUT2D eigenvalue weighted by molar-refractivity contribution is 6.33. The smallest absolute Gasteiger partial charge is 0.152 e. The molecule has 0 spiro atoms. The molecule has 0 atom stereocenters. The average molecular weight is 219 g/mol. The summed E-state index contributed by atoms with van der Waals surface area (Å²) in [6, 6.07) is 6.83. The first-order valence-electron chi connectivity index (χ1n) is 4.34. The van der Waals surface area contributed by atoms with Crippen molar-refractivity contribution in [3.63, 3.8) is 0 Å². The van der Waals surface area contributed by atoms with Gasteiger partial charge in [0.25, 0.3) is 0 Å². The minimum Gasteiger partial charge on any atom is -0.298 e. The van der Waals surface area contributed by atoms with Crippen molar-refractivity contribution in [2.24, 2.45) is 0 Å². The van der Waals surface area contributed by atoms with Crippen LogP contribution in [0.25, 0.3) is 11.4 Å². The van der Waals surface area contributed by atoms with Crippen LogP contribution in [0.1, 0.15) is 10.4 Å². The average Bonchev–Trinajstić information content (AvgIpc) is 2.30. The Morgan fingerprint density at radius 3 is 2.40 bits per heavy atom. The number of nitrogens with zero attached hydrogens (tertiary/aromatic N) is 2. The van der Waals surface area contributed by atoms with E-state index < -0.39 is 0 Å².